The van der Waals surface area contributed by atoms with E-state index in [9.17, 15) is 5.11 Å². The van der Waals surface area contributed by atoms with E-state index in [-0.39, 0.29) is 17.3 Å². The Hall–Kier alpha value is -3.03. The zero-order chi connectivity index (χ0) is 20.2. The van der Waals surface area contributed by atoms with E-state index in [1.165, 1.54) is 5.56 Å². The van der Waals surface area contributed by atoms with Crippen LogP contribution >= 0.6 is 0 Å². The van der Waals surface area contributed by atoms with Crippen molar-refractivity contribution in [2.24, 2.45) is 5.73 Å². The van der Waals surface area contributed by atoms with Crippen molar-refractivity contribution in [1.82, 2.24) is 24.5 Å². The van der Waals surface area contributed by atoms with Crippen LogP contribution in [0.1, 0.15) is 31.9 Å². The third-order valence-corrected chi connectivity index (χ3v) is 5.92. The number of nitrogens with two attached hydrogens (primary N) is 1. The molecule has 0 bridgehead atoms. The minimum Gasteiger partial charge on any atom is -0.506 e. The predicted molar refractivity (Wildman–Crippen MR) is 113 cm³/mol. The number of nitrogens with zero attached hydrogens (tertiary/aromatic N) is 5. The van der Waals surface area contributed by atoms with Gasteiger partial charge in [0.1, 0.15) is 17.0 Å². The van der Waals surface area contributed by atoms with Crippen molar-refractivity contribution in [1.29, 1.82) is 0 Å². The third kappa shape index (κ3) is 3.12. The van der Waals surface area contributed by atoms with Gasteiger partial charge in [0.05, 0.1) is 0 Å². The maximum Gasteiger partial charge on any atom is 0.187 e. The SMILES string of the molecule is CC(c1ccc2nnc(-c3ccc4cccc(O)c4n3)n2c1)N1CCC(C)(N)C1. The van der Waals surface area contributed by atoms with Crippen LogP contribution in [0.4, 0.5) is 0 Å². The van der Waals surface area contributed by atoms with Crippen molar-refractivity contribution in [3.8, 4) is 17.3 Å². The molecule has 0 radical (unpaired) electrons. The fourth-order valence-corrected chi connectivity index (χ4v) is 4.15. The maximum absolute atomic E-state index is 10.2. The Kier molecular flexibility index (Phi) is 4.04. The standard InChI is InChI=1S/C22H24N6O/c1-14(27-11-10-22(2,23)13-27)16-7-9-19-25-26-21(28(19)12-16)17-8-6-15-4-3-5-18(29)20(15)24-17/h3-9,12,14,29H,10-11,13,23H2,1-2H3. The number of hydrogen-bond acceptors (Lipinski definition) is 6. The van der Waals surface area contributed by atoms with E-state index in [1.807, 2.05) is 34.7 Å². The molecule has 7 nitrogen and oxygen atoms in total. The van der Waals surface area contributed by atoms with E-state index in [1.54, 1.807) is 6.07 Å². The van der Waals surface area contributed by atoms with Gasteiger partial charge in [-0.05, 0) is 44.0 Å². The molecule has 2 atom stereocenters. The van der Waals surface area contributed by atoms with Gasteiger partial charge in [0.25, 0.3) is 0 Å². The zero-order valence-electron chi connectivity index (χ0n) is 16.6. The van der Waals surface area contributed by atoms with Crippen LogP contribution in [0.3, 0.4) is 0 Å². The smallest absolute Gasteiger partial charge is 0.187 e. The Balaban J connectivity index is 1.56. The van der Waals surface area contributed by atoms with Gasteiger partial charge in [0, 0.05) is 36.3 Å². The van der Waals surface area contributed by atoms with Crippen LogP contribution in [0.15, 0.2) is 48.7 Å². The summed E-state index contributed by atoms with van der Waals surface area (Å²) >= 11 is 0. The lowest BCUT2D eigenvalue weighted by Gasteiger charge is -2.26. The highest BCUT2D eigenvalue weighted by Crippen LogP contribution is 2.30. The Morgan fingerprint density at radius 1 is 1.14 bits per heavy atom. The van der Waals surface area contributed by atoms with Gasteiger partial charge in [0.15, 0.2) is 11.5 Å². The molecule has 1 aliphatic heterocycles. The van der Waals surface area contributed by atoms with Crippen molar-refractivity contribution in [3.05, 3.63) is 54.2 Å². The van der Waals surface area contributed by atoms with E-state index >= 15 is 0 Å². The molecule has 3 aromatic heterocycles. The van der Waals surface area contributed by atoms with Crippen molar-refractivity contribution < 1.29 is 5.11 Å². The van der Waals surface area contributed by atoms with Crippen LogP contribution in [0.5, 0.6) is 5.75 Å². The highest BCUT2D eigenvalue weighted by molar-refractivity contribution is 5.86. The van der Waals surface area contributed by atoms with Gasteiger partial charge >= 0.3 is 0 Å². The van der Waals surface area contributed by atoms with Gasteiger partial charge in [-0.15, -0.1) is 10.2 Å². The molecule has 7 heteroatoms. The van der Waals surface area contributed by atoms with Crippen molar-refractivity contribution in [2.45, 2.75) is 31.8 Å². The van der Waals surface area contributed by atoms with Gasteiger partial charge in [-0.1, -0.05) is 24.3 Å². The summed E-state index contributed by atoms with van der Waals surface area (Å²) in [7, 11) is 0. The quantitative estimate of drug-likeness (QED) is 0.560. The first-order valence-electron chi connectivity index (χ1n) is 9.88. The molecule has 2 unspecified atom stereocenters. The molecule has 0 saturated carbocycles. The summed E-state index contributed by atoms with van der Waals surface area (Å²) in [4.78, 5) is 7.05. The lowest BCUT2D eigenvalue weighted by Crippen LogP contribution is -2.39. The lowest BCUT2D eigenvalue weighted by atomic mass is 10.0. The molecule has 29 heavy (non-hydrogen) atoms. The molecule has 148 valence electrons. The first kappa shape index (κ1) is 18.0. The van der Waals surface area contributed by atoms with E-state index in [4.69, 9.17) is 5.73 Å². The molecule has 1 fully saturated rings. The highest BCUT2D eigenvalue weighted by atomic mass is 16.3. The Morgan fingerprint density at radius 2 is 2.00 bits per heavy atom. The van der Waals surface area contributed by atoms with Crippen LogP contribution in [0.25, 0.3) is 28.1 Å². The summed E-state index contributed by atoms with van der Waals surface area (Å²) < 4.78 is 1.97. The van der Waals surface area contributed by atoms with Gasteiger partial charge in [0.2, 0.25) is 0 Å². The molecule has 0 spiro atoms. The fraction of sp³-hybridized carbons (Fsp3) is 0.318. The lowest BCUT2D eigenvalue weighted by molar-refractivity contribution is 0.248. The third-order valence-electron chi connectivity index (χ3n) is 5.92. The number of hydrogen-bond donors (Lipinski definition) is 2. The zero-order valence-corrected chi connectivity index (χ0v) is 16.6. The first-order valence-corrected chi connectivity index (χ1v) is 9.88. The number of phenols is 1. The number of fused-ring (bicyclic) bond motifs is 2. The van der Waals surface area contributed by atoms with Crippen LogP contribution < -0.4 is 5.73 Å². The van der Waals surface area contributed by atoms with Crippen LogP contribution in [-0.4, -0.2) is 48.2 Å². The van der Waals surface area contributed by atoms with E-state index in [2.05, 4.69) is 46.2 Å². The second-order valence-electron chi connectivity index (χ2n) is 8.31. The monoisotopic (exact) mass is 388 g/mol. The second kappa shape index (κ2) is 6.50. The molecule has 0 aliphatic carbocycles. The Morgan fingerprint density at radius 3 is 2.79 bits per heavy atom. The largest absolute Gasteiger partial charge is 0.506 e. The minimum atomic E-state index is -0.128. The summed E-state index contributed by atoms with van der Waals surface area (Å²) in [6.07, 6.45) is 3.08. The number of para-hydroxylation sites is 1. The maximum atomic E-state index is 10.2. The summed E-state index contributed by atoms with van der Waals surface area (Å²) in [5, 5.41) is 19.7. The summed E-state index contributed by atoms with van der Waals surface area (Å²) in [6, 6.07) is 13.6. The van der Waals surface area contributed by atoms with Crippen molar-refractivity contribution >= 4 is 16.6 Å². The average molecular weight is 388 g/mol. The summed E-state index contributed by atoms with van der Waals surface area (Å²) in [5.74, 6) is 0.815. The number of aromatic nitrogens is 4. The van der Waals surface area contributed by atoms with Gasteiger partial charge in [-0.3, -0.25) is 9.30 Å². The number of aromatic hydroxyl groups is 1. The van der Waals surface area contributed by atoms with Crippen molar-refractivity contribution in [2.75, 3.05) is 13.1 Å². The van der Waals surface area contributed by atoms with E-state index in [0.717, 1.165) is 30.5 Å². The second-order valence-corrected chi connectivity index (χ2v) is 8.31. The van der Waals surface area contributed by atoms with Crippen LogP contribution in [-0.2, 0) is 0 Å². The normalized spacial score (nSPS) is 21.2. The van der Waals surface area contributed by atoms with Gasteiger partial charge in [-0.25, -0.2) is 4.98 Å². The highest BCUT2D eigenvalue weighted by Gasteiger charge is 2.32. The van der Waals surface area contributed by atoms with E-state index in [0.29, 0.717) is 17.0 Å². The Bertz CT molecular complexity index is 1210. The predicted octanol–water partition coefficient (Wildman–Crippen LogP) is 3.13. The molecule has 5 rings (SSSR count). The molecule has 1 saturated heterocycles. The molecular weight excluding hydrogens is 364 g/mol. The van der Waals surface area contributed by atoms with Crippen LogP contribution in [0, 0.1) is 0 Å². The number of rotatable bonds is 3. The van der Waals surface area contributed by atoms with E-state index < -0.39 is 0 Å². The average Bonchev–Trinajstić information content (AvgIpc) is 3.30. The minimum absolute atomic E-state index is 0.128. The molecule has 0 amide bonds. The van der Waals surface area contributed by atoms with Crippen LogP contribution in [0.2, 0.25) is 0 Å². The van der Waals surface area contributed by atoms with Crippen molar-refractivity contribution in [3.63, 3.8) is 0 Å². The summed E-state index contributed by atoms with van der Waals surface area (Å²) in [5.41, 5.74) is 9.37. The molecule has 4 heterocycles. The summed E-state index contributed by atoms with van der Waals surface area (Å²) in [6.45, 7) is 6.19. The molecule has 4 aromatic rings. The van der Waals surface area contributed by atoms with Gasteiger partial charge < -0.3 is 10.8 Å². The molecule has 3 N–H and O–H groups in total. The first-order chi connectivity index (χ1) is 13.9. The fourth-order valence-electron chi connectivity index (χ4n) is 4.15. The van der Waals surface area contributed by atoms with Gasteiger partial charge in [-0.2, -0.15) is 0 Å². The molecule has 1 aromatic carbocycles. The topological polar surface area (TPSA) is 92.6 Å². The number of pyridine rings is 2. The Labute approximate surface area is 168 Å². The number of likely N-dealkylation sites (tertiary alicyclic amines) is 1. The molecular formula is C22H24N6O. The molecule has 1 aliphatic rings. The number of benzene rings is 1. The number of phenolic OH excluding ortho intramolecular Hbond substituents is 1.